The normalized spacial score (nSPS) is 18.4. The molecule has 168 valence electrons. The molecule has 2 heterocycles. The van der Waals surface area contributed by atoms with Gasteiger partial charge in [0.1, 0.15) is 5.75 Å². The Balaban J connectivity index is 1.72. The summed E-state index contributed by atoms with van der Waals surface area (Å²) < 4.78 is 5.29. The van der Waals surface area contributed by atoms with E-state index in [-0.39, 0.29) is 17.4 Å². The fourth-order valence-corrected chi connectivity index (χ4v) is 4.34. The molecule has 1 N–H and O–H groups in total. The molecule has 0 bridgehead atoms. The van der Waals surface area contributed by atoms with Gasteiger partial charge in [0.05, 0.1) is 18.8 Å². The first-order valence-electron chi connectivity index (χ1n) is 11.4. The fourth-order valence-electron chi connectivity index (χ4n) is 4.34. The van der Waals surface area contributed by atoms with Crippen molar-refractivity contribution in [2.45, 2.75) is 71.5 Å². The van der Waals surface area contributed by atoms with Crippen molar-refractivity contribution < 1.29 is 9.53 Å². The van der Waals surface area contributed by atoms with Gasteiger partial charge in [-0.3, -0.25) is 14.7 Å². The van der Waals surface area contributed by atoms with Crippen LogP contribution in [0.1, 0.15) is 70.2 Å². The van der Waals surface area contributed by atoms with E-state index in [1.807, 2.05) is 36.5 Å². The maximum absolute atomic E-state index is 12.8. The zero-order valence-corrected chi connectivity index (χ0v) is 19.4. The topological polar surface area (TPSA) is 54.5 Å². The van der Waals surface area contributed by atoms with E-state index in [0.29, 0.717) is 12.5 Å². The summed E-state index contributed by atoms with van der Waals surface area (Å²) >= 11 is 0. The molecule has 1 aliphatic heterocycles. The van der Waals surface area contributed by atoms with Crippen molar-refractivity contribution in [1.82, 2.24) is 15.2 Å². The molecule has 0 radical (unpaired) electrons. The highest BCUT2D eigenvalue weighted by Crippen LogP contribution is 2.28. The first-order valence-corrected chi connectivity index (χ1v) is 11.4. The molecule has 31 heavy (non-hydrogen) atoms. The Kier molecular flexibility index (Phi) is 8.08. The number of carbonyl (C=O) groups excluding carboxylic acids is 1. The van der Waals surface area contributed by atoms with E-state index >= 15 is 0 Å². The van der Waals surface area contributed by atoms with Gasteiger partial charge in [0, 0.05) is 25.2 Å². The molecule has 5 nitrogen and oxygen atoms in total. The summed E-state index contributed by atoms with van der Waals surface area (Å²) in [5, 5.41) is 3.29. The van der Waals surface area contributed by atoms with Crippen LogP contribution in [0.5, 0.6) is 5.75 Å². The molecule has 1 fully saturated rings. The van der Waals surface area contributed by atoms with Gasteiger partial charge in [-0.1, -0.05) is 45.4 Å². The van der Waals surface area contributed by atoms with Gasteiger partial charge < -0.3 is 10.1 Å². The van der Waals surface area contributed by atoms with Gasteiger partial charge >= 0.3 is 0 Å². The van der Waals surface area contributed by atoms with Crippen LogP contribution in [-0.2, 0) is 11.3 Å². The van der Waals surface area contributed by atoms with Gasteiger partial charge in [0.25, 0.3) is 0 Å². The Morgan fingerprint density at radius 3 is 2.61 bits per heavy atom. The van der Waals surface area contributed by atoms with Gasteiger partial charge in [-0.2, -0.15) is 0 Å². The van der Waals surface area contributed by atoms with E-state index in [1.54, 1.807) is 7.11 Å². The summed E-state index contributed by atoms with van der Waals surface area (Å²) in [6.07, 6.45) is 6.80. The molecule has 1 aliphatic rings. The molecule has 2 atom stereocenters. The highest BCUT2D eigenvalue weighted by molar-refractivity contribution is 5.77. The smallest absolute Gasteiger partial charge is 0.221 e. The van der Waals surface area contributed by atoms with Gasteiger partial charge in [0.2, 0.25) is 5.91 Å². The van der Waals surface area contributed by atoms with Crippen LogP contribution in [0.2, 0.25) is 0 Å². The van der Waals surface area contributed by atoms with Gasteiger partial charge in [0.15, 0.2) is 0 Å². The standard InChI is InChI=1S/C26H37N3O2/c1-26(2,3)18-25(30)28-24(23-10-5-7-15-27-23)17-21-9-6-8-16-29(21)19-20-11-13-22(31-4)14-12-20/h5,7,10-15,21,24H,6,8-9,16-19H2,1-4H3,(H,28,30)/t21-,24-/m1/s1. The van der Waals surface area contributed by atoms with E-state index in [9.17, 15) is 4.79 Å². The number of likely N-dealkylation sites (tertiary alicyclic amines) is 1. The Morgan fingerprint density at radius 2 is 1.97 bits per heavy atom. The monoisotopic (exact) mass is 423 g/mol. The number of amides is 1. The SMILES string of the molecule is COc1ccc(CN2CCCC[C@@H]2C[C@@H](NC(=O)CC(C)(C)C)c2ccccn2)cc1. The Morgan fingerprint density at radius 1 is 1.19 bits per heavy atom. The average Bonchev–Trinajstić information content (AvgIpc) is 2.74. The van der Waals surface area contributed by atoms with Crippen molar-refractivity contribution >= 4 is 5.91 Å². The van der Waals surface area contributed by atoms with Crippen LogP contribution < -0.4 is 10.1 Å². The second-order valence-electron chi connectivity index (χ2n) is 9.82. The van der Waals surface area contributed by atoms with Crippen LogP contribution in [0.3, 0.4) is 0 Å². The number of aromatic nitrogens is 1. The number of nitrogens with zero attached hydrogens (tertiary/aromatic N) is 2. The van der Waals surface area contributed by atoms with Crippen molar-refractivity contribution in [3.63, 3.8) is 0 Å². The molecule has 1 saturated heterocycles. The minimum Gasteiger partial charge on any atom is -0.497 e. The predicted molar refractivity (Wildman–Crippen MR) is 125 cm³/mol. The van der Waals surface area contributed by atoms with E-state index in [0.717, 1.165) is 37.4 Å². The number of ether oxygens (including phenoxy) is 1. The first-order chi connectivity index (χ1) is 14.8. The Labute approximate surface area is 187 Å². The zero-order valence-electron chi connectivity index (χ0n) is 19.4. The average molecular weight is 424 g/mol. The van der Waals surface area contributed by atoms with Crippen LogP contribution in [0.25, 0.3) is 0 Å². The third-order valence-electron chi connectivity index (χ3n) is 5.87. The fraction of sp³-hybridized carbons (Fsp3) is 0.538. The molecule has 0 unspecified atom stereocenters. The van der Waals surface area contributed by atoms with Crippen LogP contribution in [0, 0.1) is 5.41 Å². The lowest BCUT2D eigenvalue weighted by Crippen LogP contribution is -2.42. The Hall–Kier alpha value is -2.40. The predicted octanol–water partition coefficient (Wildman–Crippen LogP) is 5.13. The number of benzene rings is 1. The van der Waals surface area contributed by atoms with E-state index in [4.69, 9.17) is 4.74 Å². The third-order valence-corrected chi connectivity index (χ3v) is 5.87. The van der Waals surface area contributed by atoms with Crippen molar-refractivity contribution in [2.75, 3.05) is 13.7 Å². The van der Waals surface area contributed by atoms with Crippen molar-refractivity contribution in [1.29, 1.82) is 0 Å². The number of pyridine rings is 1. The maximum Gasteiger partial charge on any atom is 0.221 e. The number of methoxy groups -OCH3 is 1. The summed E-state index contributed by atoms with van der Waals surface area (Å²) in [7, 11) is 1.70. The van der Waals surface area contributed by atoms with E-state index in [2.05, 4.69) is 48.1 Å². The van der Waals surface area contributed by atoms with E-state index in [1.165, 1.54) is 18.4 Å². The number of piperidine rings is 1. The van der Waals surface area contributed by atoms with Crippen molar-refractivity contribution in [2.24, 2.45) is 5.41 Å². The quantitative estimate of drug-likeness (QED) is 0.640. The summed E-state index contributed by atoms with van der Waals surface area (Å²) in [6, 6.07) is 14.6. The molecule has 1 amide bonds. The second kappa shape index (κ2) is 10.8. The molecule has 2 aromatic rings. The highest BCUT2D eigenvalue weighted by Gasteiger charge is 2.28. The molecule has 3 rings (SSSR count). The lowest BCUT2D eigenvalue weighted by Gasteiger charge is -2.38. The number of hydrogen-bond donors (Lipinski definition) is 1. The largest absolute Gasteiger partial charge is 0.497 e. The first kappa shape index (κ1) is 23.3. The van der Waals surface area contributed by atoms with Crippen molar-refractivity contribution in [3.05, 3.63) is 59.9 Å². The Bertz CT molecular complexity index is 815. The molecule has 1 aromatic heterocycles. The number of nitrogens with one attached hydrogen (secondary N) is 1. The van der Waals surface area contributed by atoms with Crippen LogP contribution in [0.15, 0.2) is 48.7 Å². The maximum atomic E-state index is 12.8. The van der Waals surface area contributed by atoms with E-state index < -0.39 is 0 Å². The number of hydrogen-bond acceptors (Lipinski definition) is 4. The summed E-state index contributed by atoms with van der Waals surface area (Å²) in [6.45, 7) is 8.29. The minimum absolute atomic E-state index is 0.0377. The summed E-state index contributed by atoms with van der Waals surface area (Å²) in [5.41, 5.74) is 2.20. The van der Waals surface area contributed by atoms with Gasteiger partial charge in [-0.05, 0) is 61.1 Å². The molecule has 1 aromatic carbocycles. The van der Waals surface area contributed by atoms with Crippen molar-refractivity contribution in [3.8, 4) is 5.75 Å². The molecule has 0 saturated carbocycles. The van der Waals surface area contributed by atoms with Gasteiger partial charge in [-0.15, -0.1) is 0 Å². The number of rotatable bonds is 8. The number of carbonyl (C=O) groups is 1. The minimum atomic E-state index is -0.0717. The van der Waals surface area contributed by atoms with Crippen LogP contribution in [0.4, 0.5) is 0 Å². The molecular weight excluding hydrogens is 386 g/mol. The molecular formula is C26H37N3O2. The zero-order chi connectivity index (χ0) is 22.3. The highest BCUT2D eigenvalue weighted by atomic mass is 16.5. The van der Waals surface area contributed by atoms with Crippen LogP contribution in [-0.4, -0.2) is 35.5 Å². The lowest BCUT2D eigenvalue weighted by molar-refractivity contribution is -0.123. The summed E-state index contributed by atoms with van der Waals surface area (Å²) in [4.78, 5) is 19.9. The molecule has 0 spiro atoms. The van der Waals surface area contributed by atoms with Gasteiger partial charge in [-0.25, -0.2) is 0 Å². The second-order valence-corrected chi connectivity index (χ2v) is 9.82. The third kappa shape index (κ3) is 7.35. The summed E-state index contributed by atoms with van der Waals surface area (Å²) in [5.74, 6) is 0.983. The molecule has 5 heteroatoms. The lowest BCUT2D eigenvalue weighted by atomic mass is 9.90. The van der Waals surface area contributed by atoms with Crippen LogP contribution >= 0.6 is 0 Å². The molecule has 0 aliphatic carbocycles.